The lowest BCUT2D eigenvalue weighted by molar-refractivity contribution is 0.414. The van der Waals surface area contributed by atoms with Crippen LogP contribution in [0, 0.1) is 0 Å². The molecule has 2 aromatic rings. The minimum atomic E-state index is 0.291. The normalized spacial score (nSPS) is 12.2. The number of hydrogen-bond donors (Lipinski definition) is 1. The van der Waals surface area contributed by atoms with Crippen LogP contribution in [0.1, 0.15) is 24.1 Å². The molecule has 0 saturated carbocycles. The first-order valence-electron chi connectivity index (χ1n) is 6.31. The van der Waals surface area contributed by atoms with Crippen LogP contribution in [0.15, 0.2) is 48.5 Å². The van der Waals surface area contributed by atoms with Crippen molar-refractivity contribution in [2.24, 2.45) is 0 Å². The first-order valence-corrected chi connectivity index (χ1v) is 6.68. The molecule has 0 heterocycles. The quantitative estimate of drug-likeness (QED) is 0.883. The molecule has 2 rings (SSSR count). The van der Waals surface area contributed by atoms with E-state index in [1.165, 1.54) is 11.1 Å². The van der Waals surface area contributed by atoms with Gasteiger partial charge >= 0.3 is 0 Å². The van der Waals surface area contributed by atoms with Crippen LogP contribution < -0.4 is 10.1 Å². The fraction of sp³-hybridized carbons (Fsp3) is 0.250. The Bertz CT molecular complexity index is 507. The average Bonchev–Trinajstić information content (AvgIpc) is 2.46. The fourth-order valence-corrected chi connectivity index (χ4v) is 2.01. The van der Waals surface area contributed by atoms with Crippen molar-refractivity contribution in [3.63, 3.8) is 0 Å². The molecule has 2 nitrogen and oxygen atoms in total. The summed E-state index contributed by atoms with van der Waals surface area (Å²) in [6, 6.07) is 16.3. The second-order valence-corrected chi connectivity index (χ2v) is 4.94. The summed E-state index contributed by atoms with van der Waals surface area (Å²) in [7, 11) is 1.68. The van der Waals surface area contributed by atoms with Crippen LogP contribution in [0.5, 0.6) is 5.75 Å². The molecule has 0 aliphatic heterocycles. The predicted octanol–water partition coefficient (Wildman–Crippen LogP) is 4.20. The summed E-state index contributed by atoms with van der Waals surface area (Å²) in [5.74, 6) is 0.884. The van der Waals surface area contributed by atoms with Gasteiger partial charge in [-0.05, 0) is 42.3 Å². The van der Waals surface area contributed by atoms with Crippen molar-refractivity contribution in [3.05, 3.63) is 64.7 Å². The van der Waals surface area contributed by atoms with E-state index in [4.69, 9.17) is 16.3 Å². The number of halogens is 1. The van der Waals surface area contributed by atoms with Crippen LogP contribution in [0.4, 0.5) is 0 Å². The molecule has 2 aromatic carbocycles. The highest BCUT2D eigenvalue weighted by Gasteiger charge is 2.04. The van der Waals surface area contributed by atoms with Crippen LogP contribution >= 0.6 is 11.6 Å². The standard InChI is InChI=1S/C16H18ClNO/c1-12(14-5-7-15(17)8-6-14)18-11-13-3-9-16(19-2)10-4-13/h3-10,12,18H,11H2,1-2H3. The zero-order valence-electron chi connectivity index (χ0n) is 11.2. The van der Waals surface area contributed by atoms with Crippen LogP contribution in [0.2, 0.25) is 5.02 Å². The summed E-state index contributed by atoms with van der Waals surface area (Å²) >= 11 is 5.89. The van der Waals surface area contributed by atoms with Crippen molar-refractivity contribution in [1.82, 2.24) is 5.32 Å². The summed E-state index contributed by atoms with van der Waals surface area (Å²) in [6.45, 7) is 2.97. The van der Waals surface area contributed by atoms with Crippen LogP contribution in [-0.2, 0) is 6.54 Å². The number of benzene rings is 2. The van der Waals surface area contributed by atoms with Crippen molar-refractivity contribution in [1.29, 1.82) is 0 Å². The Morgan fingerprint density at radius 1 is 1.05 bits per heavy atom. The summed E-state index contributed by atoms with van der Waals surface area (Å²) in [5.41, 5.74) is 2.47. The molecular formula is C16H18ClNO. The molecular weight excluding hydrogens is 258 g/mol. The summed E-state index contributed by atoms with van der Waals surface area (Å²) in [4.78, 5) is 0. The highest BCUT2D eigenvalue weighted by atomic mass is 35.5. The van der Waals surface area contributed by atoms with Gasteiger partial charge in [0.1, 0.15) is 5.75 Å². The van der Waals surface area contributed by atoms with Crippen molar-refractivity contribution in [2.75, 3.05) is 7.11 Å². The minimum absolute atomic E-state index is 0.291. The zero-order chi connectivity index (χ0) is 13.7. The topological polar surface area (TPSA) is 21.3 Å². The third-order valence-corrected chi connectivity index (χ3v) is 3.39. The Balaban J connectivity index is 1.92. The molecule has 0 aliphatic carbocycles. The Hall–Kier alpha value is -1.51. The smallest absolute Gasteiger partial charge is 0.118 e. The first kappa shape index (κ1) is 13.9. The van der Waals surface area contributed by atoms with Crippen LogP contribution in [0.25, 0.3) is 0 Å². The van der Waals surface area contributed by atoms with Gasteiger partial charge in [-0.1, -0.05) is 35.9 Å². The number of rotatable bonds is 5. The van der Waals surface area contributed by atoms with Gasteiger partial charge in [-0.25, -0.2) is 0 Å². The van der Waals surface area contributed by atoms with Gasteiger partial charge in [-0.15, -0.1) is 0 Å². The molecule has 0 radical (unpaired) electrons. The zero-order valence-corrected chi connectivity index (χ0v) is 11.9. The first-order chi connectivity index (χ1) is 9.19. The van der Waals surface area contributed by atoms with Gasteiger partial charge < -0.3 is 10.1 Å². The van der Waals surface area contributed by atoms with E-state index in [9.17, 15) is 0 Å². The van der Waals surface area contributed by atoms with Gasteiger partial charge in [0.25, 0.3) is 0 Å². The van der Waals surface area contributed by atoms with Gasteiger partial charge in [-0.3, -0.25) is 0 Å². The molecule has 0 bridgehead atoms. The molecule has 19 heavy (non-hydrogen) atoms. The van der Waals surface area contributed by atoms with E-state index < -0.39 is 0 Å². The summed E-state index contributed by atoms with van der Waals surface area (Å²) in [5, 5.41) is 4.26. The Morgan fingerprint density at radius 3 is 2.26 bits per heavy atom. The highest BCUT2D eigenvalue weighted by molar-refractivity contribution is 6.30. The lowest BCUT2D eigenvalue weighted by atomic mass is 10.1. The van der Waals surface area contributed by atoms with E-state index in [1.807, 2.05) is 36.4 Å². The molecule has 1 unspecified atom stereocenters. The SMILES string of the molecule is COc1ccc(CNC(C)c2ccc(Cl)cc2)cc1. The van der Waals surface area contributed by atoms with Gasteiger partial charge in [0.2, 0.25) is 0 Å². The van der Waals surface area contributed by atoms with Crippen molar-refractivity contribution in [3.8, 4) is 5.75 Å². The molecule has 0 saturated heterocycles. The number of nitrogens with one attached hydrogen (secondary N) is 1. The maximum absolute atomic E-state index is 5.89. The third kappa shape index (κ3) is 3.98. The Kier molecular flexibility index (Phi) is 4.83. The van der Waals surface area contributed by atoms with E-state index in [2.05, 4.69) is 24.4 Å². The molecule has 0 aromatic heterocycles. The maximum Gasteiger partial charge on any atom is 0.118 e. The molecule has 0 fully saturated rings. The summed E-state index contributed by atoms with van der Waals surface area (Å²) < 4.78 is 5.14. The number of hydrogen-bond acceptors (Lipinski definition) is 2. The van der Waals surface area contributed by atoms with Crippen molar-refractivity contribution in [2.45, 2.75) is 19.5 Å². The monoisotopic (exact) mass is 275 g/mol. The number of methoxy groups -OCH3 is 1. The van der Waals surface area contributed by atoms with Crippen LogP contribution in [-0.4, -0.2) is 7.11 Å². The molecule has 3 heteroatoms. The minimum Gasteiger partial charge on any atom is -0.497 e. The summed E-state index contributed by atoms with van der Waals surface area (Å²) in [6.07, 6.45) is 0. The average molecular weight is 276 g/mol. The predicted molar refractivity (Wildman–Crippen MR) is 79.7 cm³/mol. The van der Waals surface area contributed by atoms with Gasteiger partial charge in [0.15, 0.2) is 0 Å². The van der Waals surface area contributed by atoms with Crippen molar-refractivity contribution >= 4 is 11.6 Å². The van der Waals surface area contributed by atoms with Gasteiger partial charge in [0.05, 0.1) is 7.11 Å². The second-order valence-electron chi connectivity index (χ2n) is 4.50. The largest absolute Gasteiger partial charge is 0.497 e. The Labute approximate surface area is 119 Å². The molecule has 0 aliphatic rings. The third-order valence-electron chi connectivity index (χ3n) is 3.14. The molecule has 0 amide bonds. The van der Waals surface area contributed by atoms with E-state index in [1.54, 1.807) is 7.11 Å². The lowest BCUT2D eigenvalue weighted by Gasteiger charge is -2.14. The lowest BCUT2D eigenvalue weighted by Crippen LogP contribution is -2.17. The molecule has 0 spiro atoms. The van der Waals surface area contributed by atoms with Gasteiger partial charge in [0, 0.05) is 17.6 Å². The molecule has 100 valence electrons. The van der Waals surface area contributed by atoms with Crippen molar-refractivity contribution < 1.29 is 4.74 Å². The molecule has 1 N–H and O–H groups in total. The fourth-order valence-electron chi connectivity index (χ4n) is 1.88. The van der Waals surface area contributed by atoms with Gasteiger partial charge in [-0.2, -0.15) is 0 Å². The van der Waals surface area contributed by atoms with E-state index in [0.717, 1.165) is 17.3 Å². The highest BCUT2D eigenvalue weighted by Crippen LogP contribution is 2.17. The second kappa shape index (κ2) is 6.60. The van der Waals surface area contributed by atoms with E-state index in [-0.39, 0.29) is 0 Å². The van der Waals surface area contributed by atoms with Crippen LogP contribution in [0.3, 0.4) is 0 Å². The molecule has 1 atom stereocenters. The maximum atomic E-state index is 5.89. The van der Waals surface area contributed by atoms with E-state index in [0.29, 0.717) is 6.04 Å². The van der Waals surface area contributed by atoms with E-state index >= 15 is 0 Å². The number of ether oxygens (including phenoxy) is 1. The Morgan fingerprint density at radius 2 is 1.68 bits per heavy atom.